The number of pyridine rings is 1. The highest BCUT2D eigenvalue weighted by Gasteiger charge is 2.17. The number of tetrazole rings is 1. The molecule has 3 rings (SSSR count). The van der Waals surface area contributed by atoms with Crippen LogP contribution >= 0.6 is 0 Å². The van der Waals surface area contributed by atoms with Gasteiger partial charge in [0.1, 0.15) is 5.69 Å². The maximum Gasteiger partial charge on any atom is 0.184 e. The van der Waals surface area contributed by atoms with Crippen molar-refractivity contribution >= 4 is 17.1 Å². The fourth-order valence-corrected chi connectivity index (χ4v) is 2.50. The standard InChI is InChI=1S/C15H15N5O4/c1-23-13-5-9-10(6-14(13)24-2)12(8-22)16-7-11(9)15-17-18-19-20(15)3-4-21/h5-8,21H,3-4H2,1-2H3. The molecule has 1 N–H and O–H groups in total. The van der Waals surface area contributed by atoms with Gasteiger partial charge in [0.2, 0.25) is 0 Å². The minimum atomic E-state index is -0.104. The zero-order valence-corrected chi connectivity index (χ0v) is 13.1. The van der Waals surface area contributed by atoms with E-state index in [4.69, 9.17) is 14.6 Å². The lowest BCUT2D eigenvalue weighted by molar-refractivity contribution is 0.112. The number of carbonyl (C=O) groups excluding carboxylic acids is 1. The summed E-state index contributed by atoms with van der Waals surface area (Å²) in [5, 5.41) is 21.9. The summed E-state index contributed by atoms with van der Waals surface area (Å²) in [5.74, 6) is 1.43. The van der Waals surface area contributed by atoms with Crippen LogP contribution in [0.3, 0.4) is 0 Å². The summed E-state index contributed by atoms with van der Waals surface area (Å²) in [7, 11) is 3.05. The van der Waals surface area contributed by atoms with Crippen molar-refractivity contribution in [2.45, 2.75) is 6.54 Å². The van der Waals surface area contributed by atoms with Gasteiger partial charge in [-0.15, -0.1) is 5.10 Å². The predicted octanol–water partition coefficient (Wildman–Crippen LogP) is 0.710. The van der Waals surface area contributed by atoms with Crippen LogP contribution < -0.4 is 9.47 Å². The molecule has 124 valence electrons. The second-order valence-electron chi connectivity index (χ2n) is 4.88. The average molecular weight is 329 g/mol. The Labute approximate surface area is 136 Å². The van der Waals surface area contributed by atoms with Crippen LogP contribution in [0, 0.1) is 0 Å². The van der Waals surface area contributed by atoms with Crippen LogP contribution in [0.4, 0.5) is 0 Å². The highest BCUT2D eigenvalue weighted by atomic mass is 16.5. The summed E-state index contributed by atoms with van der Waals surface area (Å²) >= 11 is 0. The van der Waals surface area contributed by atoms with Crippen LogP contribution in [0.25, 0.3) is 22.2 Å². The number of nitrogens with zero attached hydrogens (tertiary/aromatic N) is 5. The summed E-state index contributed by atoms with van der Waals surface area (Å²) in [6.45, 7) is 0.138. The maximum atomic E-state index is 11.3. The van der Waals surface area contributed by atoms with Gasteiger partial charge in [-0.05, 0) is 22.6 Å². The molecule has 0 atom stereocenters. The number of aliphatic hydroxyl groups excluding tert-OH is 1. The third-order valence-electron chi connectivity index (χ3n) is 3.62. The van der Waals surface area contributed by atoms with Crippen LogP contribution in [0.15, 0.2) is 18.3 Å². The second kappa shape index (κ2) is 6.59. The first-order valence-electron chi connectivity index (χ1n) is 7.10. The quantitative estimate of drug-likeness (QED) is 0.658. The molecule has 0 aliphatic rings. The maximum absolute atomic E-state index is 11.3. The Morgan fingerprint density at radius 1 is 1.21 bits per heavy atom. The van der Waals surface area contributed by atoms with Crippen molar-refractivity contribution in [3.05, 3.63) is 24.0 Å². The lowest BCUT2D eigenvalue weighted by atomic mass is 10.0. The molecule has 0 aliphatic heterocycles. The van der Waals surface area contributed by atoms with Crippen LogP contribution in [0.1, 0.15) is 10.5 Å². The lowest BCUT2D eigenvalue weighted by Crippen LogP contribution is -2.07. The molecule has 2 heterocycles. The minimum Gasteiger partial charge on any atom is -0.493 e. The first-order valence-corrected chi connectivity index (χ1v) is 7.10. The molecule has 0 saturated carbocycles. The zero-order valence-electron chi connectivity index (χ0n) is 13.1. The Bertz CT molecular complexity index is 893. The van der Waals surface area contributed by atoms with Crippen molar-refractivity contribution in [1.29, 1.82) is 0 Å². The summed E-state index contributed by atoms with van der Waals surface area (Å²) in [5.41, 5.74) is 0.894. The number of methoxy groups -OCH3 is 2. The van der Waals surface area contributed by atoms with Gasteiger partial charge in [0.25, 0.3) is 0 Å². The Morgan fingerprint density at radius 2 is 1.92 bits per heavy atom. The topological polar surface area (TPSA) is 112 Å². The van der Waals surface area contributed by atoms with Gasteiger partial charge in [0.15, 0.2) is 23.6 Å². The molecule has 0 saturated heterocycles. The number of carbonyl (C=O) groups is 1. The first-order chi connectivity index (χ1) is 11.7. The van der Waals surface area contributed by atoms with Crippen molar-refractivity contribution < 1.29 is 19.4 Å². The van der Waals surface area contributed by atoms with E-state index in [-0.39, 0.29) is 18.8 Å². The number of hydrogen-bond donors (Lipinski definition) is 1. The zero-order chi connectivity index (χ0) is 17.1. The van der Waals surface area contributed by atoms with Gasteiger partial charge in [0, 0.05) is 22.5 Å². The highest BCUT2D eigenvalue weighted by molar-refractivity contribution is 6.04. The van der Waals surface area contributed by atoms with Crippen molar-refractivity contribution in [1.82, 2.24) is 25.2 Å². The molecular formula is C15H15N5O4. The Balaban J connectivity index is 2.32. The van der Waals surface area contributed by atoms with Gasteiger partial charge < -0.3 is 14.6 Å². The number of fused-ring (bicyclic) bond motifs is 1. The van der Waals surface area contributed by atoms with Crippen LogP contribution in [0.5, 0.6) is 11.5 Å². The number of aldehydes is 1. The van der Waals surface area contributed by atoms with Crippen LogP contribution in [-0.4, -0.2) is 57.4 Å². The Morgan fingerprint density at radius 3 is 2.54 bits per heavy atom. The summed E-state index contributed by atoms with van der Waals surface area (Å²) < 4.78 is 12.1. The van der Waals surface area contributed by atoms with Crippen molar-refractivity contribution in [3.63, 3.8) is 0 Å². The molecule has 9 heteroatoms. The van der Waals surface area contributed by atoms with Gasteiger partial charge in [0.05, 0.1) is 27.4 Å². The molecule has 2 aromatic heterocycles. The Kier molecular flexibility index (Phi) is 4.34. The smallest absolute Gasteiger partial charge is 0.184 e. The molecule has 0 radical (unpaired) electrons. The molecule has 0 spiro atoms. The molecule has 0 bridgehead atoms. The van der Waals surface area contributed by atoms with E-state index in [1.807, 2.05) is 0 Å². The molecule has 3 aromatic rings. The summed E-state index contributed by atoms with van der Waals surface area (Å²) in [4.78, 5) is 15.5. The second-order valence-corrected chi connectivity index (χ2v) is 4.88. The normalized spacial score (nSPS) is 10.8. The van der Waals surface area contributed by atoms with E-state index >= 15 is 0 Å². The molecular weight excluding hydrogens is 314 g/mol. The van der Waals surface area contributed by atoms with E-state index in [2.05, 4.69) is 20.5 Å². The lowest BCUT2D eigenvalue weighted by Gasteiger charge is -2.12. The summed E-state index contributed by atoms with van der Waals surface area (Å²) in [6, 6.07) is 3.44. The third-order valence-corrected chi connectivity index (χ3v) is 3.62. The van der Waals surface area contributed by atoms with E-state index in [0.29, 0.717) is 39.9 Å². The molecule has 24 heavy (non-hydrogen) atoms. The SMILES string of the molecule is COc1cc2c(-c3nnnn3CCO)cnc(C=O)c2cc1OC. The van der Waals surface area contributed by atoms with Crippen molar-refractivity contribution in [2.24, 2.45) is 0 Å². The molecule has 9 nitrogen and oxygen atoms in total. The van der Waals surface area contributed by atoms with Crippen molar-refractivity contribution in [3.8, 4) is 22.9 Å². The van der Waals surface area contributed by atoms with E-state index in [0.717, 1.165) is 0 Å². The molecule has 1 aromatic carbocycles. The Hall–Kier alpha value is -3.07. The van der Waals surface area contributed by atoms with E-state index in [9.17, 15) is 4.79 Å². The number of aromatic nitrogens is 5. The number of aliphatic hydroxyl groups is 1. The molecule has 0 unspecified atom stereocenters. The van der Waals surface area contributed by atoms with Gasteiger partial charge in [-0.2, -0.15) is 0 Å². The van der Waals surface area contributed by atoms with Gasteiger partial charge in [-0.1, -0.05) is 0 Å². The van der Waals surface area contributed by atoms with E-state index < -0.39 is 0 Å². The number of rotatable bonds is 6. The fraction of sp³-hybridized carbons (Fsp3) is 0.267. The van der Waals surface area contributed by atoms with Gasteiger partial charge in [-0.25, -0.2) is 4.68 Å². The molecule has 0 amide bonds. The van der Waals surface area contributed by atoms with Crippen molar-refractivity contribution in [2.75, 3.05) is 20.8 Å². The first kappa shape index (κ1) is 15.8. The van der Waals surface area contributed by atoms with Crippen LogP contribution in [-0.2, 0) is 6.54 Å². The molecule has 0 aliphatic carbocycles. The third kappa shape index (κ3) is 2.54. The number of hydrogen-bond acceptors (Lipinski definition) is 8. The van der Waals surface area contributed by atoms with E-state index in [1.165, 1.54) is 25.1 Å². The van der Waals surface area contributed by atoms with Gasteiger partial charge >= 0.3 is 0 Å². The van der Waals surface area contributed by atoms with Gasteiger partial charge in [-0.3, -0.25) is 9.78 Å². The molecule has 0 fully saturated rings. The van der Waals surface area contributed by atoms with Crippen LogP contribution in [0.2, 0.25) is 0 Å². The average Bonchev–Trinajstić information content (AvgIpc) is 3.07. The van der Waals surface area contributed by atoms with E-state index in [1.54, 1.807) is 12.1 Å². The monoisotopic (exact) mass is 329 g/mol. The summed E-state index contributed by atoms with van der Waals surface area (Å²) in [6.07, 6.45) is 2.20. The minimum absolute atomic E-state index is 0.104. The predicted molar refractivity (Wildman–Crippen MR) is 84.1 cm³/mol. The fourth-order valence-electron chi connectivity index (χ4n) is 2.50. The largest absolute Gasteiger partial charge is 0.493 e. The highest BCUT2D eigenvalue weighted by Crippen LogP contribution is 2.36. The number of ether oxygens (including phenoxy) is 2. The number of benzene rings is 1.